The molecule has 1 aliphatic heterocycles. The van der Waals surface area contributed by atoms with Crippen molar-refractivity contribution in [2.75, 3.05) is 0 Å². The van der Waals surface area contributed by atoms with Crippen LogP contribution in [0.5, 0.6) is 5.75 Å². The van der Waals surface area contributed by atoms with Crippen LogP contribution in [0, 0.1) is 0 Å². The summed E-state index contributed by atoms with van der Waals surface area (Å²) < 4.78 is 5.97. The Balaban J connectivity index is 2.08. The highest BCUT2D eigenvalue weighted by molar-refractivity contribution is 5.69. The van der Waals surface area contributed by atoms with Gasteiger partial charge in [0, 0.05) is 11.1 Å². The number of nitrogens with one attached hydrogen (secondary N) is 1. The predicted octanol–water partition coefficient (Wildman–Crippen LogP) is 2.44. The molecule has 0 fully saturated rings. The highest BCUT2D eigenvalue weighted by atomic mass is 16.5. The second-order valence-corrected chi connectivity index (χ2v) is 4.93. The molecule has 5 nitrogen and oxygen atoms in total. The fraction of sp³-hybridized carbons (Fsp3) is 0.308. The molecular formula is C13H14N4O. The fourth-order valence-electron chi connectivity index (χ4n) is 1.94. The molecule has 0 spiro atoms. The quantitative estimate of drug-likeness (QED) is 0.834. The maximum atomic E-state index is 5.97. The summed E-state index contributed by atoms with van der Waals surface area (Å²) >= 11 is 0. The Morgan fingerprint density at radius 2 is 2.11 bits per heavy atom. The van der Waals surface area contributed by atoms with Crippen molar-refractivity contribution in [2.24, 2.45) is 0 Å². The van der Waals surface area contributed by atoms with Crippen molar-refractivity contribution >= 4 is 6.08 Å². The number of aromatic amines is 1. The molecule has 2 aromatic rings. The molecule has 0 bridgehead atoms. The van der Waals surface area contributed by atoms with Crippen LogP contribution in [0.4, 0.5) is 0 Å². The topological polar surface area (TPSA) is 63.7 Å². The van der Waals surface area contributed by atoms with E-state index in [1.54, 1.807) is 0 Å². The summed E-state index contributed by atoms with van der Waals surface area (Å²) in [5, 5.41) is 14.0. The van der Waals surface area contributed by atoms with E-state index >= 15 is 0 Å². The molecule has 0 aliphatic carbocycles. The maximum absolute atomic E-state index is 5.97. The Kier molecular flexibility index (Phi) is 2.23. The lowest BCUT2D eigenvalue weighted by Gasteiger charge is -2.32. The van der Waals surface area contributed by atoms with E-state index in [2.05, 4.69) is 47.5 Å². The number of aromatic nitrogens is 4. The summed E-state index contributed by atoms with van der Waals surface area (Å²) in [6, 6.07) is 5.90. The number of rotatable bonds is 1. The van der Waals surface area contributed by atoms with Crippen molar-refractivity contribution in [3.05, 3.63) is 29.3 Å². The first-order chi connectivity index (χ1) is 8.56. The third-order valence-corrected chi connectivity index (χ3v) is 3.30. The minimum atomic E-state index is -0.249. The number of hydrogen-bond acceptors (Lipinski definition) is 4. The number of hydrogen-bond donors (Lipinski definition) is 1. The zero-order valence-electron chi connectivity index (χ0n) is 10.6. The van der Waals surface area contributed by atoms with Gasteiger partial charge in [0.1, 0.15) is 11.4 Å². The van der Waals surface area contributed by atoms with E-state index in [0.717, 1.165) is 16.9 Å². The molecular weight excluding hydrogens is 228 g/mol. The van der Waals surface area contributed by atoms with Gasteiger partial charge in [-0.2, -0.15) is 5.21 Å². The third-order valence-electron chi connectivity index (χ3n) is 3.30. The zero-order valence-corrected chi connectivity index (χ0v) is 10.6. The molecule has 0 unspecified atom stereocenters. The molecule has 0 radical (unpaired) electrons. The predicted molar refractivity (Wildman–Crippen MR) is 68.0 cm³/mol. The van der Waals surface area contributed by atoms with Crippen LogP contribution in [0.25, 0.3) is 17.5 Å². The molecule has 92 valence electrons. The Hall–Kier alpha value is -2.17. The molecule has 0 saturated heterocycles. The normalized spacial score (nSPS) is 16.7. The van der Waals surface area contributed by atoms with Gasteiger partial charge >= 0.3 is 0 Å². The van der Waals surface area contributed by atoms with E-state index in [0.29, 0.717) is 5.82 Å². The third kappa shape index (κ3) is 1.68. The van der Waals surface area contributed by atoms with Gasteiger partial charge in [0.25, 0.3) is 0 Å². The van der Waals surface area contributed by atoms with Crippen LogP contribution in [-0.4, -0.2) is 26.2 Å². The first-order valence-electron chi connectivity index (χ1n) is 5.82. The first kappa shape index (κ1) is 11.0. The number of fused-ring (bicyclic) bond motifs is 1. The van der Waals surface area contributed by atoms with Gasteiger partial charge in [-0.15, -0.1) is 10.2 Å². The van der Waals surface area contributed by atoms with Gasteiger partial charge in [-0.3, -0.25) is 0 Å². The van der Waals surface area contributed by atoms with Gasteiger partial charge in [-0.05, 0) is 55.8 Å². The molecule has 0 amide bonds. The summed E-state index contributed by atoms with van der Waals surface area (Å²) in [6.07, 6.45) is 2.14. The number of benzene rings is 1. The van der Waals surface area contributed by atoms with Crippen LogP contribution in [-0.2, 0) is 0 Å². The van der Waals surface area contributed by atoms with Crippen LogP contribution >= 0.6 is 0 Å². The summed E-state index contributed by atoms with van der Waals surface area (Å²) in [7, 11) is 0. The van der Waals surface area contributed by atoms with Crippen LogP contribution in [0.2, 0.25) is 0 Å². The first-order valence-corrected chi connectivity index (χ1v) is 5.82. The summed E-state index contributed by atoms with van der Waals surface area (Å²) in [5.41, 5.74) is 2.92. The molecule has 3 rings (SSSR count). The van der Waals surface area contributed by atoms with Crippen molar-refractivity contribution in [3.8, 4) is 17.1 Å². The Morgan fingerprint density at radius 1 is 1.28 bits per heavy atom. The number of ether oxygens (including phenoxy) is 1. The van der Waals surface area contributed by atoms with E-state index in [1.165, 1.54) is 5.57 Å². The Morgan fingerprint density at radius 3 is 2.83 bits per heavy atom. The van der Waals surface area contributed by atoms with Crippen molar-refractivity contribution in [1.29, 1.82) is 0 Å². The monoisotopic (exact) mass is 242 g/mol. The van der Waals surface area contributed by atoms with E-state index in [4.69, 9.17) is 4.74 Å². The van der Waals surface area contributed by atoms with Crippen molar-refractivity contribution in [1.82, 2.24) is 20.6 Å². The van der Waals surface area contributed by atoms with E-state index in [9.17, 15) is 0 Å². The highest BCUT2D eigenvalue weighted by Gasteiger charge is 2.27. The van der Waals surface area contributed by atoms with Gasteiger partial charge in [-0.1, -0.05) is 0 Å². The molecule has 1 aliphatic rings. The number of nitrogens with zero attached hydrogens (tertiary/aromatic N) is 3. The highest BCUT2D eigenvalue weighted by Crippen LogP contribution is 2.36. The van der Waals surface area contributed by atoms with Gasteiger partial charge < -0.3 is 4.74 Å². The minimum Gasteiger partial charge on any atom is -0.483 e. The van der Waals surface area contributed by atoms with Gasteiger partial charge in [0.05, 0.1) is 0 Å². The smallest absolute Gasteiger partial charge is 0.204 e. The van der Waals surface area contributed by atoms with E-state index < -0.39 is 0 Å². The standard InChI is InChI=1S/C13H14N4O/c1-8-6-10-7-9(12-14-16-17-15-12)4-5-11(10)18-13(8,2)3/h4-7H,1-3H3,(H,14,15,16,17). The van der Waals surface area contributed by atoms with Gasteiger partial charge in [0.15, 0.2) is 0 Å². The van der Waals surface area contributed by atoms with Crippen molar-refractivity contribution in [2.45, 2.75) is 26.4 Å². The average molecular weight is 242 g/mol. The zero-order chi connectivity index (χ0) is 12.8. The second-order valence-electron chi connectivity index (χ2n) is 4.93. The van der Waals surface area contributed by atoms with Crippen LogP contribution in [0.1, 0.15) is 26.3 Å². The fourth-order valence-corrected chi connectivity index (χ4v) is 1.94. The number of tetrazole rings is 1. The van der Waals surface area contributed by atoms with Crippen LogP contribution in [0.3, 0.4) is 0 Å². The molecule has 0 atom stereocenters. The summed E-state index contributed by atoms with van der Waals surface area (Å²) in [4.78, 5) is 0. The Bertz CT molecular complexity index is 614. The maximum Gasteiger partial charge on any atom is 0.204 e. The molecule has 1 aromatic carbocycles. The SMILES string of the molecule is CC1=Cc2cc(-c3nn[nH]n3)ccc2OC1(C)C. The number of H-pyrrole nitrogens is 1. The molecule has 1 aromatic heterocycles. The average Bonchev–Trinajstić information content (AvgIpc) is 2.83. The van der Waals surface area contributed by atoms with E-state index in [1.807, 2.05) is 18.2 Å². The Labute approximate surface area is 105 Å². The lowest BCUT2D eigenvalue weighted by atomic mass is 9.93. The largest absolute Gasteiger partial charge is 0.483 e. The van der Waals surface area contributed by atoms with Crippen LogP contribution < -0.4 is 4.74 Å². The van der Waals surface area contributed by atoms with Crippen LogP contribution in [0.15, 0.2) is 23.8 Å². The summed E-state index contributed by atoms with van der Waals surface area (Å²) in [5.74, 6) is 1.48. The second kappa shape index (κ2) is 3.66. The van der Waals surface area contributed by atoms with Crippen molar-refractivity contribution in [3.63, 3.8) is 0 Å². The van der Waals surface area contributed by atoms with Gasteiger partial charge in [0.2, 0.25) is 5.82 Å². The summed E-state index contributed by atoms with van der Waals surface area (Å²) in [6.45, 7) is 6.20. The molecule has 18 heavy (non-hydrogen) atoms. The molecule has 2 heterocycles. The lowest BCUT2D eigenvalue weighted by molar-refractivity contribution is 0.145. The molecule has 0 saturated carbocycles. The lowest BCUT2D eigenvalue weighted by Crippen LogP contribution is -2.31. The molecule has 5 heteroatoms. The van der Waals surface area contributed by atoms with Crippen molar-refractivity contribution < 1.29 is 4.74 Å². The van der Waals surface area contributed by atoms with E-state index in [-0.39, 0.29) is 5.60 Å². The molecule has 1 N–H and O–H groups in total. The van der Waals surface area contributed by atoms with Gasteiger partial charge in [-0.25, -0.2) is 0 Å². The minimum absolute atomic E-state index is 0.249.